The molecule has 0 atom stereocenters. The summed E-state index contributed by atoms with van der Waals surface area (Å²) < 4.78 is 5.54. The summed E-state index contributed by atoms with van der Waals surface area (Å²) in [4.78, 5) is 11.5. The standard InChI is InChI=1S/C27H39N3O.ClH/c1-3-4-5-6-7-8-9-10-11-12-13-15-22-17-18-23(29-22)20-26-27(31-2)21-25(30-26)24-16-14-19-28-24;/h14,16-21,28,30H,3-13,15H2,1-2H3;1H. The van der Waals surface area contributed by atoms with E-state index in [9.17, 15) is 0 Å². The fourth-order valence-corrected chi connectivity index (χ4v) is 4.13. The predicted octanol–water partition coefficient (Wildman–Crippen LogP) is 8.49. The fraction of sp³-hybridized carbons (Fsp3) is 0.519. The van der Waals surface area contributed by atoms with Gasteiger partial charge < -0.3 is 14.7 Å². The second-order valence-corrected chi connectivity index (χ2v) is 8.54. The molecule has 1 aliphatic rings. The maximum absolute atomic E-state index is 5.54. The van der Waals surface area contributed by atoms with Gasteiger partial charge in [0.2, 0.25) is 0 Å². The van der Waals surface area contributed by atoms with Gasteiger partial charge >= 0.3 is 0 Å². The highest BCUT2D eigenvalue weighted by Gasteiger charge is 2.11. The van der Waals surface area contributed by atoms with Gasteiger partial charge in [0.1, 0.15) is 5.75 Å². The molecule has 176 valence electrons. The Hall–Kier alpha value is -2.20. The third-order valence-corrected chi connectivity index (χ3v) is 5.97. The van der Waals surface area contributed by atoms with Crippen LogP contribution in [-0.2, 0) is 0 Å². The van der Waals surface area contributed by atoms with Crippen LogP contribution in [0.4, 0.5) is 0 Å². The Morgan fingerprint density at radius 3 is 2.22 bits per heavy atom. The van der Waals surface area contributed by atoms with Crippen molar-refractivity contribution in [2.75, 3.05) is 7.11 Å². The van der Waals surface area contributed by atoms with Crippen LogP contribution in [0.1, 0.15) is 89.7 Å². The SMILES string of the molecule is CCCCCCCCCCCCCC1=NC(=Cc2[nH]c(-c3ccc[nH]3)cc2OC)C=C1.Cl. The number of hydrogen-bond donors (Lipinski definition) is 2. The summed E-state index contributed by atoms with van der Waals surface area (Å²) in [7, 11) is 1.70. The number of ether oxygens (including phenoxy) is 1. The molecular formula is C27H40ClN3O. The van der Waals surface area contributed by atoms with Crippen molar-refractivity contribution >= 4 is 24.2 Å². The lowest BCUT2D eigenvalue weighted by Gasteiger charge is -2.02. The average molecular weight is 458 g/mol. The molecule has 0 amide bonds. The Bertz CT molecular complexity index is 862. The number of nitrogens with one attached hydrogen (secondary N) is 2. The highest BCUT2D eigenvalue weighted by Crippen LogP contribution is 2.29. The van der Waals surface area contributed by atoms with Gasteiger partial charge in [-0.1, -0.05) is 71.1 Å². The van der Waals surface area contributed by atoms with E-state index in [0.717, 1.165) is 34.9 Å². The first-order chi connectivity index (χ1) is 15.3. The van der Waals surface area contributed by atoms with Gasteiger partial charge in [0.25, 0.3) is 0 Å². The summed E-state index contributed by atoms with van der Waals surface area (Å²) in [6.07, 6.45) is 24.4. The number of rotatable bonds is 15. The first-order valence-corrected chi connectivity index (χ1v) is 12.2. The van der Waals surface area contributed by atoms with Crippen LogP contribution >= 0.6 is 12.4 Å². The van der Waals surface area contributed by atoms with E-state index in [1.54, 1.807) is 7.11 Å². The van der Waals surface area contributed by atoms with E-state index in [0.29, 0.717) is 0 Å². The molecule has 0 saturated carbocycles. The van der Waals surface area contributed by atoms with Crippen molar-refractivity contribution in [1.82, 2.24) is 9.97 Å². The Labute approximate surface area is 200 Å². The van der Waals surface area contributed by atoms with Crippen LogP contribution in [0.25, 0.3) is 17.5 Å². The third-order valence-electron chi connectivity index (χ3n) is 5.97. The van der Waals surface area contributed by atoms with Gasteiger partial charge in [-0.15, -0.1) is 12.4 Å². The van der Waals surface area contributed by atoms with E-state index >= 15 is 0 Å². The molecule has 2 aromatic heterocycles. The van der Waals surface area contributed by atoms with E-state index in [1.165, 1.54) is 76.3 Å². The topological polar surface area (TPSA) is 53.2 Å². The molecule has 0 bridgehead atoms. The van der Waals surface area contributed by atoms with E-state index in [-0.39, 0.29) is 12.4 Å². The number of aliphatic imine (C=N–C) groups is 1. The maximum Gasteiger partial charge on any atom is 0.144 e. The van der Waals surface area contributed by atoms with Crippen LogP contribution in [0.3, 0.4) is 0 Å². The molecular weight excluding hydrogens is 418 g/mol. The number of aromatic amines is 2. The van der Waals surface area contributed by atoms with Crippen molar-refractivity contribution in [2.45, 2.75) is 84.0 Å². The molecule has 4 nitrogen and oxygen atoms in total. The average Bonchev–Trinajstić information content (AvgIpc) is 3.53. The quantitative estimate of drug-likeness (QED) is 0.259. The molecule has 3 rings (SSSR count). The second-order valence-electron chi connectivity index (χ2n) is 8.54. The van der Waals surface area contributed by atoms with Crippen LogP contribution in [0, 0.1) is 0 Å². The smallest absolute Gasteiger partial charge is 0.144 e. The largest absolute Gasteiger partial charge is 0.494 e. The number of unbranched alkanes of at least 4 members (excludes halogenated alkanes) is 10. The van der Waals surface area contributed by atoms with E-state index in [1.807, 2.05) is 24.4 Å². The van der Waals surface area contributed by atoms with E-state index in [2.05, 4.69) is 35.1 Å². The number of hydrogen-bond acceptors (Lipinski definition) is 2. The van der Waals surface area contributed by atoms with Crippen molar-refractivity contribution in [2.24, 2.45) is 4.99 Å². The van der Waals surface area contributed by atoms with Crippen LogP contribution in [0.15, 0.2) is 47.2 Å². The van der Waals surface area contributed by atoms with E-state index in [4.69, 9.17) is 9.73 Å². The van der Waals surface area contributed by atoms with Crippen molar-refractivity contribution in [1.29, 1.82) is 0 Å². The Morgan fingerprint density at radius 2 is 1.59 bits per heavy atom. The van der Waals surface area contributed by atoms with Crippen molar-refractivity contribution in [3.8, 4) is 17.1 Å². The minimum Gasteiger partial charge on any atom is -0.494 e. The van der Waals surface area contributed by atoms with Gasteiger partial charge in [0, 0.05) is 18.0 Å². The molecule has 0 unspecified atom stereocenters. The minimum atomic E-state index is 0. The highest BCUT2D eigenvalue weighted by atomic mass is 35.5. The molecule has 2 aromatic rings. The lowest BCUT2D eigenvalue weighted by molar-refractivity contribution is 0.414. The first kappa shape index (κ1) is 26.1. The molecule has 1 aliphatic heterocycles. The van der Waals surface area contributed by atoms with Crippen LogP contribution in [-0.4, -0.2) is 22.8 Å². The maximum atomic E-state index is 5.54. The van der Waals surface area contributed by atoms with Gasteiger partial charge in [-0.05, 0) is 43.2 Å². The number of H-pyrrole nitrogens is 2. The second kappa shape index (κ2) is 14.8. The number of allylic oxidation sites excluding steroid dienone is 2. The summed E-state index contributed by atoms with van der Waals surface area (Å²) >= 11 is 0. The monoisotopic (exact) mass is 457 g/mol. The number of aromatic nitrogens is 2. The molecule has 2 N–H and O–H groups in total. The molecule has 0 aliphatic carbocycles. The minimum absolute atomic E-state index is 0. The Morgan fingerprint density at radius 1 is 0.906 bits per heavy atom. The van der Waals surface area contributed by atoms with E-state index < -0.39 is 0 Å². The zero-order valence-corrected chi connectivity index (χ0v) is 20.6. The van der Waals surface area contributed by atoms with Crippen molar-refractivity contribution in [3.05, 3.63) is 47.9 Å². The van der Waals surface area contributed by atoms with Crippen LogP contribution in [0.5, 0.6) is 5.75 Å². The summed E-state index contributed by atoms with van der Waals surface area (Å²) in [6, 6.07) is 6.06. The number of methoxy groups -OCH3 is 1. The summed E-state index contributed by atoms with van der Waals surface area (Å²) in [5.41, 5.74) is 5.19. The Kier molecular flexibility index (Phi) is 12.0. The zero-order valence-electron chi connectivity index (χ0n) is 19.8. The van der Waals surface area contributed by atoms with Gasteiger partial charge in [-0.3, -0.25) is 4.99 Å². The van der Waals surface area contributed by atoms with Gasteiger partial charge in [0.15, 0.2) is 0 Å². The lowest BCUT2D eigenvalue weighted by Crippen LogP contribution is -1.90. The molecule has 3 heterocycles. The van der Waals surface area contributed by atoms with Crippen LogP contribution < -0.4 is 4.74 Å². The van der Waals surface area contributed by atoms with Gasteiger partial charge in [0.05, 0.1) is 29.9 Å². The lowest BCUT2D eigenvalue weighted by atomic mass is 10.0. The van der Waals surface area contributed by atoms with Crippen molar-refractivity contribution < 1.29 is 4.74 Å². The zero-order chi connectivity index (χ0) is 21.7. The molecule has 5 heteroatoms. The van der Waals surface area contributed by atoms with Crippen molar-refractivity contribution in [3.63, 3.8) is 0 Å². The van der Waals surface area contributed by atoms with Gasteiger partial charge in [-0.2, -0.15) is 0 Å². The molecule has 0 saturated heterocycles. The Balaban J connectivity index is 0.00000363. The van der Waals surface area contributed by atoms with Gasteiger partial charge in [-0.25, -0.2) is 0 Å². The molecule has 32 heavy (non-hydrogen) atoms. The number of halogens is 1. The fourth-order valence-electron chi connectivity index (χ4n) is 4.13. The number of nitrogens with zero attached hydrogens (tertiary/aromatic N) is 1. The molecule has 0 spiro atoms. The first-order valence-electron chi connectivity index (χ1n) is 12.2. The summed E-state index contributed by atoms with van der Waals surface area (Å²) in [6.45, 7) is 2.28. The normalized spacial score (nSPS) is 14.1. The predicted molar refractivity (Wildman–Crippen MR) is 140 cm³/mol. The highest BCUT2D eigenvalue weighted by molar-refractivity contribution is 5.99. The molecule has 0 aromatic carbocycles. The molecule has 0 fully saturated rings. The molecule has 0 radical (unpaired) electrons. The van der Waals surface area contributed by atoms with Crippen LogP contribution in [0.2, 0.25) is 0 Å². The summed E-state index contributed by atoms with van der Waals surface area (Å²) in [5.74, 6) is 0.833. The third kappa shape index (κ3) is 8.38. The summed E-state index contributed by atoms with van der Waals surface area (Å²) in [5, 5.41) is 0.